The van der Waals surface area contributed by atoms with Gasteiger partial charge in [-0.05, 0) is 56.3 Å². The summed E-state index contributed by atoms with van der Waals surface area (Å²) < 4.78 is 32.8. The maximum atomic E-state index is 15.1. The first-order valence-electron chi connectivity index (χ1n) is 12.1. The molecule has 0 aliphatic carbocycles. The van der Waals surface area contributed by atoms with Crippen molar-refractivity contribution in [3.05, 3.63) is 77.0 Å². The molecule has 0 spiro atoms. The van der Waals surface area contributed by atoms with Crippen LogP contribution in [0.15, 0.2) is 48.8 Å². The summed E-state index contributed by atoms with van der Waals surface area (Å²) in [7, 11) is 0. The second-order valence-electron chi connectivity index (χ2n) is 9.27. The Balaban J connectivity index is 1.44. The minimum absolute atomic E-state index is 0.0138. The van der Waals surface area contributed by atoms with Gasteiger partial charge in [0, 0.05) is 23.4 Å². The predicted octanol–water partition coefficient (Wildman–Crippen LogP) is 3.57. The first kappa shape index (κ1) is 24.5. The Hall–Kier alpha value is -4.80. The normalized spacial score (nSPS) is 15.1. The summed E-state index contributed by atoms with van der Waals surface area (Å²) in [6.45, 7) is 2.85. The van der Waals surface area contributed by atoms with E-state index in [1.165, 1.54) is 6.92 Å². The van der Waals surface area contributed by atoms with Crippen LogP contribution < -0.4 is 10.6 Å². The summed E-state index contributed by atoms with van der Waals surface area (Å²) in [5, 5.41) is 38.2. The zero-order valence-corrected chi connectivity index (χ0v) is 20.9. The molecule has 0 radical (unpaired) electrons. The second-order valence-corrected chi connectivity index (χ2v) is 9.27. The van der Waals surface area contributed by atoms with Crippen molar-refractivity contribution in [2.24, 2.45) is 0 Å². The van der Waals surface area contributed by atoms with Gasteiger partial charge in [-0.25, -0.2) is 14.6 Å². The Kier molecular flexibility index (Phi) is 5.78. The highest BCUT2D eigenvalue weighted by atomic mass is 19.3. The number of aliphatic hydroxyl groups is 1. The fraction of sp³-hybridized carbons (Fsp3) is 0.231. The molecule has 3 N–H and O–H groups in total. The number of aliphatic hydroxyl groups excluding tert-OH is 1. The molecule has 1 aliphatic heterocycles. The average Bonchev–Trinajstić information content (AvgIpc) is 3.51. The van der Waals surface area contributed by atoms with Crippen molar-refractivity contribution in [1.29, 1.82) is 5.26 Å². The van der Waals surface area contributed by atoms with Gasteiger partial charge in [-0.15, -0.1) is 5.10 Å². The summed E-state index contributed by atoms with van der Waals surface area (Å²) in [6.07, 6.45) is 0.548. The number of hydrogen-bond donors (Lipinski definition) is 3. The molecule has 1 unspecified atom stereocenters. The first-order valence-corrected chi connectivity index (χ1v) is 12.1. The summed E-state index contributed by atoms with van der Waals surface area (Å²) in [6, 6.07) is 14.4. The maximum absolute atomic E-state index is 15.1. The Morgan fingerprint density at radius 3 is 2.77 bits per heavy atom. The molecule has 39 heavy (non-hydrogen) atoms. The number of nitrogens with one attached hydrogen (secondary N) is 2. The van der Waals surface area contributed by atoms with E-state index < -0.39 is 24.3 Å². The van der Waals surface area contributed by atoms with Gasteiger partial charge in [-0.1, -0.05) is 0 Å². The number of hydrogen-bond acceptors (Lipinski definition) is 9. The second kappa shape index (κ2) is 9.19. The largest absolute Gasteiger partial charge is 0.389 e. The highest BCUT2D eigenvalue weighted by Crippen LogP contribution is 2.37. The molecule has 11 nitrogen and oxygen atoms in total. The number of nitrogens with zero attached hydrogens (tertiary/aromatic N) is 8. The topological polar surface area (TPSA) is 142 Å². The van der Waals surface area contributed by atoms with Gasteiger partial charge in [0.15, 0.2) is 17.3 Å². The van der Waals surface area contributed by atoms with Crippen LogP contribution in [-0.4, -0.2) is 46.2 Å². The van der Waals surface area contributed by atoms with Gasteiger partial charge in [0.2, 0.25) is 0 Å². The standard InChI is InChI=1S/C26H22F2N10O/c1-14-3-7-22(35-34-14)32-16-4-6-21-19(9-16)31-13-37(21)23-8-5-17(15(2)39)25(33-23)38-24-18(20(10-29)36-38)11-30-12-26(24,27)28/h3-9,13,15,30,39H,11-12H2,1-2H3,(H,32,35). The van der Waals surface area contributed by atoms with Crippen molar-refractivity contribution in [3.8, 4) is 17.7 Å². The Bertz CT molecular complexity index is 1750. The van der Waals surface area contributed by atoms with Crippen LogP contribution in [0.5, 0.6) is 0 Å². The summed E-state index contributed by atoms with van der Waals surface area (Å²) in [4.78, 5) is 9.13. The molecular formula is C26H22F2N10O. The smallest absolute Gasteiger partial charge is 0.302 e. The molecule has 0 saturated heterocycles. The van der Waals surface area contributed by atoms with Crippen LogP contribution in [0, 0.1) is 18.3 Å². The monoisotopic (exact) mass is 528 g/mol. The van der Waals surface area contributed by atoms with E-state index in [1.807, 2.05) is 43.3 Å². The van der Waals surface area contributed by atoms with Gasteiger partial charge < -0.3 is 15.7 Å². The van der Waals surface area contributed by atoms with Crippen molar-refractivity contribution in [2.75, 3.05) is 11.9 Å². The number of aromatic nitrogens is 7. The third-order valence-corrected chi connectivity index (χ3v) is 6.49. The third-order valence-electron chi connectivity index (χ3n) is 6.49. The molecule has 5 heterocycles. The van der Waals surface area contributed by atoms with Gasteiger partial charge in [0.25, 0.3) is 0 Å². The van der Waals surface area contributed by atoms with E-state index in [-0.39, 0.29) is 29.2 Å². The van der Waals surface area contributed by atoms with Crippen LogP contribution >= 0.6 is 0 Å². The van der Waals surface area contributed by atoms with Crippen LogP contribution in [-0.2, 0) is 12.5 Å². The van der Waals surface area contributed by atoms with Crippen molar-refractivity contribution >= 4 is 22.5 Å². The van der Waals surface area contributed by atoms with Crippen LogP contribution in [0.25, 0.3) is 22.7 Å². The third kappa shape index (κ3) is 4.25. The minimum atomic E-state index is -3.30. The fourth-order valence-electron chi connectivity index (χ4n) is 4.63. The van der Waals surface area contributed by atoms with E-state index in [1.54, 1.807) is 23.0 Å². The number of fused-ring (bicyclic) bond motifs is 2. The molecule has 0 fully saturated rings. The van der Waals surface area contributed by atoms with E-state index in [2.05, 4.69) is 35.9 Å². The highest BCUT2D eigenvalue weighted by Gasteiger charge is 2.43. The van der Waals surface area contributed by atoms with Crippen LogP contribution in [0.3, 0.4) is 0 Å². The molecule has 13 heteroatoms. The van der Waals surface area contributed by atoms with Gasteiger partial charge in [0.1, 0.15) is 23.9 Å². The molecular weight excluding hydrogens is 506 g/mol. The zero-order chi connectivity index (χ0) is 27.3. The summed E-state index contributed by atoms with van der Waals surface area (Å²) in [5.74, 6) is -2.32. The molecule has 0 amide bonds. The van der Waals surface area contributed by atoms with E-state index >= 15 is 8.78 Å². The molecule has 4 aromatic heterocycles. The highest BCUT2D eigenvalue weighted by molar-refractivity contribution is 5.82. The van der Waals surface area contributed by atoms with Crippen molar-refractivity contribution in [3.63, 3.8) is 0 Å². The van der Waals surface area contributed by atoms with Crippen LogP contribution in [0.2, 0.25) is 0 Å². The number of anilines is 2. The lowest BCUT2D eigenvalue weighted by Crippen LogP contribution is -2.38. The zero-order valence-electron chi connectivity index (χ0n) is 20.9. The molecule has 0 bridgehead atoms. The van der Waals surface area contributed by atoms with Gasteiger partial charge in [-0.2, -0.15) is 24.2 Å². The molecule has 0 saturated carbocycles. The molecule has 196 valence electrons. The Labute approximate surface area is 220 Å². The number of rotatable bonds is 5. The van der Waals surface area contributed by atoms with Crippen molar-refractivity contribution in [2.45, 2.75) is 32.4 Å². The minimum Gasteiger partial charge on any atom is -0.389 e. The molecule has 1 aliphatic rings. The molecule has 5 aromatic rings. The number of benzene rings is 1. The molecule has 6 rings (SSSR count). The lowest BCUT2D eigenvalue weighted by molar-refractivity contribution is -0.0176. The molecule has 1 atom stereocenters. The lowest BCUT2D eigenvalue weighted by atomic mass is 10.0. The quantitative estimate of drug-likeness (QED) is 0.312. The van der Waals surface area contributed by atoms with Crippen LogP contribution in [0.1, 0.15) is 41.2 Å². The number of imidazole rings is 1. The SMILES string of the molecule is Cc1ccc(Nc2ccc3c(c2)ncn3-c2ccc(C(C)O)c(-n3nc(C#N)c4c3C(F)(F)CNC4)n2)nn1. The number of alkyl halides is 2. The van der Waals surface area contributed by atoms with E-state index in [9.17, 15) is 10.4 Å². The number of aryl methyl sites for hydroxylation is 1. The number of nitriles is 1. The number of halogens is 2. The van der Waals surface area contributed by atoms with Crippen molar-refractivity contribution < 1.29 is 13.9 Å². The van der Waals surface area contributed by atoms with Crippen molar-refractivity contribution in [1.82, 2.24) is 39.8 Å². The van der Waals surface area contributed by atoms with Gasteiger partial charge in [0.05, 0.1) is 29.4 Å². The van der Waals surface area contributed by atoms with E-state index in [0.717, 1.165) is 16.1 Å². The Morgan fingerprint density at radius 2 is 2.03 bits per heavy atom. The fourth-order valence-corrected chi connectivity index (χ4v) is 4.63. The van der Waals surface area contributed by atoms with E-state index in [4.69, 9.17) is 0 Å². The van der Waals surface area contributed by atoms with Gasteiger partial charge >= 0.3 is 5.92 Å². The summed E-state index contributed by atoms with van der Waals surface area (Å²) >= 11 is 0. The predicted molar refractivity (Wildman–Crippen MR) is 137 cm³/mol. The Morgan fingerprint density at radius 1 is 1.18 bits per heavy atom. The van der Waals surface area contributed by atoms with E-state index in [0.29, 0.717) is 22.7 Å². The maximum Gasteiger partial charge on any atom is 0.302 e. The van der Waals surface area contributed by atoms with Gasteiger partial charge in [-0.3, -0.25) is 4.57 Å². The van der Waals surface area contributed by atoms with Crippen LogP contribution in [0.4, 0.5) is 20.3 Å². The first-order chi connectivity index (χ1) is 18.7. The molecule has 1 aromatic carbocycles. The summed E-state index contributed by atoms with van der Waals surface area (Å²) in [5.41, 5.74) is 2.82. The average molecular weight is 529 g/mol. The number of pyridine rings is 1. The lowest BCUT2D eigenvalue weighted by Gasteiger charge is -2.25.